The first kappa shape index (κ1) is 23.2. The molecule has 172 valence electrons. The molecular weight excluding hydrogens is 448 g/mol. The summed E-state index contributed by atoms with van der Waals surface area (Å²) in [4.78, 5) is 30.3. The van der Waals surface area contributed by atoms with Gasteiger partial charge in [-0.15, -0.1) is 0 Å². The first-order chi connectivity index (χ1) is 16.4. The van der Waals surface area contributed by atoms with Crippen LogP contribution in [-0.4, -0.2) is 31.1 Å². The zero-order valence-electron chi connectivity index (χ0n) is 19.4. The number of rotatable bonds is 5. The van der Waals surface area contributed by atoms with Crippen LogP contribution in [0.1, 0.15) is 16.7 Å². The summed E-state index contributed by atoms with van der Waals surface area (Å²) in [6.45, 7) is 3.80. The van der Waals surface area contributed by atoms with Crippen molar-refractivity contribution in [3.63, 3.8) is 0 Å². The number of hydrogen-bond donors (Lipinski definition) is 0. The monoisotopic (exact) mass is 472 g/mol. The quantitative estimate of drug-likeness (QED) is 0.295. The molecule has 1 fully saturated rings. The number of carbonyl (C=O) groups is 2. The number of benzene rings is 3. The van der Waals surface area contributed by atoms with Crippen molar-refractivity contribution in [3.8, 4) is 11.5 Å². The van der Waals surface area contributed by atoms with E-state index in [1.54, 1.807) is 31.4 Å². The number of carbonyl (C=O) groups excluding carboxylic acids is 2. The molecule has 1 heterocycles. The van der Waals surface area contributed by atoms with Crippen molar-refractivity contribution >= 4 is 46.6 Å². The lowest BCUT2D eigenvalue weighted by atomic mass is 10.0. The maximum absolute atomic E-state index is 13.7. The summed E-state index contributed by atoms with van der Waals surface area (Å²) in [5, 5.41) is 0.114. The minimum atomic E-state index is -0.482. The van der Waals surface area contributed by atoms with Crippen molar-refractivity contribution in [2.75, 3.05) is 24.0 Å². The van der Waals surface area contributed by atoms with Crippen LogP contribution < -0.4 is 19.3 Å². The topological polar surface area (TPSA) is 59.1 Å². The number of hydrogen-bond acceptors (Lipinski definition) is 5. The molecule has 0 radical (unpaired) electrons. The van der Waals surface area contributed by atoms with Gasteiger partial charge < -0.3 is 9.47 Å². The summed E-state index contributed by atoms with van der Waals surface area (Å²) in [6, 6.07) is 20.1. The van der Waals surface area contributed by atoms with Crippen molar-refractivity contribution in [2.45, 2.75) is 13.8 Å². The smallest absolute Gasteiger partial charge is 0.270 e. The van der Waals surface area contributed by atoms with Crippen LogP contribution in [0, 0.1) is 13.8 Å². The molecule has 0 atom stereocenters. The zero-order valence-corrected chi connectivity index (χ0v) is 20.2. The van der Waals surface area contributed by atoms with E-state index < -0.39 is 11.8 Å². The Kier molecular flexibility index (Phi) is 6.47. The number of ether oxygens (including phenoxy) is 2. The highest BCUT2D eigenvalue weighted by atomic mass is 32.1. The van der Waals surface area contributed by atoms with Crippen LogP contribution in [0.25, 0.3) is 6.08 Å². The van der Waals surface area contributed by atoms with E-state index in [1.165, 1.54) is 16.9 Å². The number of aryl methyl sites for hydroxylation is 2. The van der Waals surface area contributed by atoms with E-state index in [-0.39, 0.29) is 10.7 Å². The number of para-hydroxylation sites is 2. The summed E-state index contributed by atoms with van der Waals surface area (Å²) in [6.07, 6.45) is 1.56. The third-order valence-electron chi connectivity index (χ3n) is 5.68. The summed E-state index contributed by atoms with van der Waals surface area (Å²) in [5.41, 5.74) is 3.60. The van der Waals surface area contributed by atoms with Gasteiger partial charge in [0.1, 0.15) is 5.57 Å². The van der Waals surface area contributed by atoms with Crippen LogP contribution in [0.15, 0.2) is 72.3 Å². The zero-order chi connectivity index (χ0) is 24.4. The lowest BCUT2D eigenvalue weighted by Crippen LogP contribution is -2.57. The third kappa shape index (κ3) is 4.06. The number of anilines is 2. The molecule has 1 aliphatic rings. The second-order valence-corrected chi connectivity index (χ2v) is 8.17. The van der Waals surface area contributed by atoms with Crippen molar-refractivity contribution in [1.82, 2.24) is 0 Å². The van der Waals surface area contributed by atoms with Crippen molar-refractivity contribution in [2.24, 2.45) is 0 Å². The van der Waals surface area contributed by atoms with Crippen LogP contribution in [0.3, 0.4) is 0 Å². The molecule has 0 saturated carbocycles. The third-order valence-corrected chi connectivity index (χ3v) is 6.05. The first-order valence-corrected chi connectivity index (χ1v) is 11.1. The molecule has 0 N–H and O–H groups in total. The molecule has 0 spiro atoms. The summed E-state index contributed by atoms with van der Waals surface area (Å²) in [5.74, 6) is 0.0811. The van der Waals surface area contributed by atoms with Crippen molar-refractivity contribution in [3.05, 3.63) is 89.0 Å². The van der Waals surface area contributed by atoms with E-state index in [2.05, 4.69) is 0 Å². The molecule has 3 aromatic carbocycles. The minimum Gasteiger partial charge on any atom is -0.493 e. The molecule has 3 aromatic rings. The highest BCUT2D eigenvalue weighted by Gasteiger charge is 2.42. The fourth-order valence-electron chi connectivity index (χ4n) is 3.89. The standard InChI is InChI=1S/C27H24N2O4S/c1-17-9-5-7-11-21(17)28-25(30)20(15-19-13-14-23(32-3)24(16-19)33-4)26(31)29(27(28)34)22-12-8-6-10-18(22)2/h5-16H,1-4H3. The first-order valence-electron chi connectivity index (χ1n) is 10.6. The van der Waals surface area contributed by atoms with E-state index in [0.717, 1.165) is 11.1 Å². The SMILES string of the molecule is COc1ccc(C=C2C(=O)N(c3ccccc3C)C(=S)N(c3ccccc3C)C2=O)cc1OC. The summed E-state index contributed by atoms with van der Waals surface area (Å²) >= 11 is 5.72. The van der Waals surface area contributed by atoms with E-state index >= 15 is 0 Å². The summed E-state index contributed by atoms with van der Waals surface area (Å²) < 4.78 is 10.7. The fourth-order valence-corrected chi connectivity index (χ4v) is 4.25. The number of methoxy groups -OCH3 is 2. The molecule has 1 saturated heterocycles. The van der Waals surface area contributed by atoms with Crippen molar-refractivity contribution in [1.29, 1.82) is 0 Å². The van der Waals surface area contributed by atoms with Crippen LogP contribution in [0.2, 0.25) is 0 Å². The molecule has 4 rings (SSSR count). The van der Waals surface area contributed by atoms with Gasteiger partial charge in [0.15, 0.2) is 16.6 Å². The lowest BCUT2D eigenvalue weighted by molar-refractivity contribution is -0.120. The van der Waals surface area contributed by atoms with Gasteiger partial charge in [0, 0.05) is 0 Å². The van der Waals surface area contributed by atoms with Gasteiger partial charge in [-0.2, -0.15) is 0 Å². The fraction of sp³-hybridized carbons (Fsp3) is 0.148. The Morgan fingerprint density at radius 3 is 1.71 bits per heavy atom. The average Bonchev–Trinajstić information content (AvgIpc) is 2.84. The van der Waals surface area contributed by atoms with Gasteiger partial charge in [-0.25, -0.2) is 0 Å². The Hall–Kier alpha value is -3.97. The minimum absolute atomic E-state index is 0.00711. The average molecular weight is 473 g/mol. The van der Waals surface area contributed by atoms with Crippen molar-refractivity contribution < 1.29 is 19.1 Å². The van der Waals surface area contributed by atoms with Crippen LogP contribution >= 0.6 is 12.2 Å². The Morgan fingerprint density at radius 2 is 1.24 bits per heavy atom. The van der Waals surface area contributed by atoms with Gasteiger partial charge in [0.2, 0.25) is 0 Å². The molecule has 0 aliphatic carbocycles. The Labute approximate surface area is 204 Å². The predicted octanol–water partition coefficient (Wildman–Crippen LogP) is 5.07. The molecular formula is C27H24N2O4S. The Balaban J connectivity index is 1.90. The number of nitrogens with zero attached hydrogens (tertiary/aromatic N) is 2. The normalized spacial score (nSPS) is 13.9. The number of amides is 2. The van der Waals surface area contributed by atoms with Gasteiger partial charge in [-0.3, -0.25) is 19.4 Å². The van der Waals surface area contributed by atoms with Gasteiger partial charge in [0.25, 0.3) is 11.8 Å². The second-order valence-electron chi connectivity index (χ2n) is 7.81. The number of thiocarbonyl (C=S) groups is 1. The predicted molar refractivity (Wildman–Crippen MR) is 137 cm³/mol. The van der Waals surface area contributed by atoms with Gasteiger partial charge in [-0.1, -0.05) is 42.5 Å². The van der Waals surface area contributed by atoms with Gasteiger partial charge in [0.05, 0.1) is 25.6 Å². The van der Waals surface area contributed by atoms with E-state index in [4.69, 9.17) is 21.7 Å². The Bertz CT molecular complexity index is 1260. The largest absolute Gasteiger partial charge is 0.493 e. The highest BCUT2D eigenvalue weighted by molar-refractivity contribution is 7.81. The van der Waals surface area contributed by atoms with E-state index in [0.29, 0.717) is 28.4 Å². The Morgan fingerprint density at radius 1 is 0.735 bits per heavy atom. The molecule has 1 aliphatic heterocycles. The lowest BCUT2D eigenvalue weighted by Gasteiger charge is -2.37. The van der Waals surface area contributed by atoms with Crippen LogP contribution in [0.5, 0.6) is 11.5 Å². The molecule has 34 heavy (non-hydrogen) atoms. The molecule has 0 bridgehead atoms. The molecule has 6 nitrogen and oxygen atoms in total. The molecule has 7 heteroatoms. The molecule has 2 amide bonds. The second kappa shape index (κ2) is 9.49. The molecule has 0 aromatic heterocycles. The summed E-state index contributed by atoms with van der Waals surface area (Å²) in [7, 11) is 3.08. The van der Waals surface area contributed by atoms with E-state index in [9.17, 15) is 9.59 Å². The van der Waals surface area contributed by atoms with E-state index in [1.807, 2.05) is 62.4 Å². The maximum atomic E-state index is 13.7. The van der Waals surface area contributed by atoms with Gasteiger partial charge in [-0.05, 0) is 73.1 Å². The van der Waals surface area contributed by atoms with Gasteiger partial charge >= 0.3 is 0 Å². The maximum Gasteiger partial charge on any atom is 0.270 e. The van der Waals surface area contributed by atoms with Crippen LogP contribution in [0.4, 0.5) is 11.4 Å². The van der Waals surface area contributed by atoms with Crippen LogP contribution in [-0.2, 0) is 9.59 Å². The molecule has 0 unspecified atom stereocenters. The highest BCUT2D eigenvalue weighted by Crippen LogP contribution is 2.34.